The topological polar surface area (TPSA) is 45.2 Å². The molecule has 1 amide bonds. The summed E-state index contributed by atoms with van der Waals surface area (Å²) in [7, 11) is 0. The van der Waals surface area contributed by atoms with Gasteiger partial charge in [-0.1, -0.05) is 24.3 Å². The molecule has 0 aliphatic carbocycles. The van der Waals surface area contributed by atoms with Crippen LogP contribution in [0.1, 0.15) is 17.4 Å². The number of amides is 1. The van der Waals surface area contributed by atoms with E-state index in [1.54, 1.807) is 6.20 Å². The van der Waals surface area contributed by atoms with Crippen LogP contribution in [-0.2, 0) is 0 Å². The zero-order valence-electron chi connectivity index (χ0n) is 11.0. The molecule has 1 fully saturated rings. The van der Waals surface area contributed by atoms with E-state index in [1.165, 1.54) is 0 Å². The van der Waals surface area contributed by atoms with Gasteiger partial charge in [-0.3, -0.25) is 9.78 Å². The Morgan fingerprint density at radius 3 is 3.05 bits per heavy atom. The lowest BCUT2D eigenvalue weighted by atomic mass is 10.1. The number of hydrogen-bond acceptors (Lipinski definition) is 3. The highest BCUT2D eigenvalue weighted by molar-refractivity contribution is 6.05. The molecule has 2 aromatic rings. The maximum Gasteiger partial charge on any atom is 0.273 e. The second-order valence-electron chi connectivity index (χ2n) is 4.93. The molecule has 4 nitrogen and oxygen atoms in total. The first-order valence-electron chi connectivity index (χ1n) is 6.63. The molecule has 0 bridgehead atoms. The molecule has 1 unspecified atom stereocenters. The molecule has 98 valence electrons. The largest absolute Gasteiger partial charge is 0.332 e. The summed E-state index contributed by atoms with van der Waals surface area (Å²) >= 11 is 0. The van der Waals surface area contributed by atoms with Gasteiger partial charge in [-0.15, -0.1) is 0 Å². The highest BCUT2D eigenvalue weighted by Crippen LogP contribution is 2.19. The third kappa shape index (κ3) is 2.19. The predicted octanol–water partition coefficient (Wildman–Crippen LogP) is 1.67. The van der Waals surface area contributed by atoms with E-state index in [4.69, 9.17) is 0 Å². The summed E-state index contributed by atoms with van der Waals surface area (Å²) in [6, 6.07) is 10.0. The van der Waals surface area contributed by atoms with Gasteiger partial charge in [0.05, 0.1) is 0 Å². The maximum atomic E-state index is 12.7. The first-order valence-corrected chi connectivity index (χ1v) is 6.63. The van der Waals surface area contributed by atoms with E-state index >= 15 is 0 Å². The maximum absolute atomic E-state index is 12.7. The molecule has 4 heteroatoms. The Labute approximate surface area is 112 Å². The Morgan fingerprint density at radius 2 is 2.21 bits per heavy atom. The van der Waals surface area contributed by atoms with Gasteiger partial charge in [-0.25, -0.2) is 0 Å². The van der Waals surface area contributed by atoms with Crippen LogP contribution in [0.5, 0.6) is 0 Å². The third-order valence-corrected chi connectivity index (χ3v) is 3.64. The number of pyridine rings is 1. The quantitative estimate of drug-likeness (QED) is 0.843. The third-order valence-electron chi connectivity index (χ3n) is 3.64. The number of rotatable bonds is 1. The first kappa shape index (κ1) is 12.1. The first-order chi connectivity index (χ1) is 9.27. The Morgan fingerprint density at radius 1 is 1.37 bits per heavy atom. The number of fused-ring (bicyclic) bond motifs is 1. The Balaban J connectivity index is 2.01. The van der Waals surface area contributed by atoms with E-state index in [0.717, 1.165) is 30.4 Å². The molecular formula is C15H17N3O. The van der Waals surface area contributed by atoms with Gasteiger partial charge in [-0.2, -0.15) is 0 Å². The monoisotopic (exact) mass is 255 g/mol. The molecule has 1 aromatic heterocycles. The van der Waals surface area contributed by atoms with E-state index in [1.807, 2.05) is 35.2 Å². The standard InChI is InChI=1S/C15H17N3O/c1-11-10-16-8-9-18(11)15(19)14-13-5-3-2-4-12(13)6-7-17-14/h2-7,11,16H,8-10H2,1H3. The molecule has 2 heterocycles. The number of carbonyl (C=O) groups is 1. The number of aromatic nitrogens is 1. The van der Waals surface area contributed by atoms with Crippen LogP contribution in [0.15, 0.2) is 36.5 Å². The van der Waals surface area contributed by atoms with Crippen LogP contribution < -0.4 is 5.32 Å². The van der Waals surface area contributed by atoms with E-state index < -0.39 is 0 Å². The molecule has 0 spiro atoms. The van der Waals surface area contributed by atoms with E-state index in [0.29, 0.717) is 5.69 Å². The van der Waals surface area contributed by atoms with Crippen molar-refractivity contribution in [1.82, 2.24) is 15.2 Å². The minimum atomic E-state index is 0.0331. The molecule has 1 aliphatic rings. The van der Waals surface area contributed by atoms with Crippen LogP contribution >= 0.6 is 0 Å². The minimum Gasteiger partial charge on any atom is -0.332 e. The zero-order valence-corrected chi connectivity index (χ0v) is 11.0. The lowest BCUT2D eigenvalue weighted by Gasteiger charge is -2.33. The van der Waals surface area contributed by atoms with Gasteiger partial charge in [0, 0.05) is 37.3 Å². The molecule has 3 rings (SSSR count). The summed E-state index contributed by atoms with van der Waals surface area (Å²) in [6.45, 7) is 4.50. The zero-order chi connectivity index (χ0) is 13.2. The number of benzene rings is 1. The molecule has 1 aliphatic heterocycles. The average molecular weight is 255 g/mol. The molecule has 0 radical (unpaired) electrons. The summed E-state index contributed by atoms with van der Waals surface area (Å²) in [4.78, 5) is 18.9. The average Bonchev–Trinajstić information content (AvgIpc) is 2.46. The van der Waals surface area contributed by atoms with Crippen molar-refractivity contribution >= 4 is 16.7 Å². The van der Waals surface area contributed by atoms with E-state index in [-0.39, 0.29) is 11.9 Å². The molecule has 0 saturated carbocycles. The molecule has 1 aromatic carbocycles. The highest BCUT2D eigenvalue weighted by Gasteiger charge is 2.25. The number of nitrogens with zero attached hydrogens (tertiary/aromatic N) is 2. The second kappa shape index (κ2) is 4.97. The fourth-order valence-corrected chi connectivity index (χ4v) is 2.57. The van der Waals surface area contributed by atoms with Crippen LogP contribution in [-0.4, -0.2) is 41.5 Å². The number of piperazine rings is 1. The summed E-state index contributed by atoms with van der Waals surface area (Å²) in [5.41, 5.74) is 0.562. The van der Waals surface area contributed by atoms with Crippen molar-refractivity contribution in [3.8, 4) is 0 Å². The van der Waals surface area contributed by atoms with Crippen LogP contribution in [0.4, 0.5) is 0 Å². The van der Waals surface area contributed by atoms with Crippen molar-refractivity contribution in [1.29, 1.82) is 0 Å². The Bertz CT molecular complexity index is 606. The van der Waals surface area contributed by atoms with Crippen molar-refractivity contribution in [3.05, 3.63) is 42.2 Å². The van der Waals surface area contributed by atoms with Crippen molar-refractivity contribution in [2.24, 2.45) is 0 Å². The normalized spacial score (nSPS) is 19.6. The molecule has 1 N–H and O–H groups in total. The fraction of sp³-hybridized carbons (Fsp3) is 0.333. The number of nitrogens with one attached hydrogen (secondary N) is 1. The van der Waals surface area contributed by atoms with Gasteiger partial charge < -0.3 is 10.2 Å². The molecular weight excluding hydrogens is 238 g/mol. The minimum absolute atomic E-state index is 0.0331. The van der Waals surface area contributed by atoms with E-state index in [2.05, 4.69) is 17.2 Å². The van der Waals surface area contributed by atoms with Crippen LogP contribution in [0, 0.1) is 0 Å². The SMILES string of the molecule is CC1CNCCN1C(=O)c1nccc2ccccc12. The van der Waals surface area contributed by atoms with Crippen molar-refractivity contribution < 1.29 is 4.79 Å². The summed E-state index contributed by atoms with van der Waals surface area (Å²) in [6.07, 6.45) is 1.71. The molecule has 1 atom stereocenters. The smallest absolute Gasteiger partial charge is 0.273 e. The van der Waals surface area contributed by atoms with Crippen LogP contribution in [0.25, 0.3) is 10.8 Å². The van der Waals surface area contributed by atoms with E-state index in [9.17, 15) is 4.79 Å². The van der Waals surface area contributed by atoms with Gasteiger partial charge in [0.25, 0.3) is 5.91 Å². The summed E-state index contributed by atoms with van der Waals surface area (Å²) in [5.74, 6) is 0.0331. The molecule has 19 heavy (non-hydrogen) atoms. The van der Waals surface area contributed by atoms with Crippen LogP contribution in [0.3, 0.4) is 0 Å². The summed E-state index contributed by atoms with van der Waals surface area (Å²) in [5, 5.41) is 5.28. The fourth-order valence-electron chi connectivity index (χ4n) is 2.57. The number of hydrogen-bond donors (Lipinski definition) is 1. The van der Waals surface area contributed by atoms with Gasteiger partial charge in [0.2, 0.25) is 0 Å². The summed E-state index contributed by atoms with van der Waals surface area (Å²) < 4.78 is 0. The van der Waals surface area contributed by atoms with Crippen molar-refractivity contribution in [3.63, 3.8) is 0 Å². The Kier molecular flexibility index (Phi) is 3.17. The lowest BCUT2D eigenvalue weighted by molar-refractivity contribution is 0.0652. The predicted molar refractivity (Wildman–Crippen MR) is 75.1 cm³/mol. The van der Waals surface area contributed by atoms with Gasteiger partial charge in [-0.05, 0) is 18.4 Å². The van der Waals surface area contributed by atoms with Crippen LogP contribution in [0.2, 0.25) is 0 Å². The number of carbonyl (C=O) groups excluding carboxylic acids is 1. The Hall–Kier alpha value is -1.94. The van der Waals surface area contributed by atoms with Crippen molar-refractivity contribution in [2.45, 2.75) is 13.0 Å². The second-order valence-corrected chi connectivity index (χ2v) is 4.93. The van der Waals surface area contributed by atoms with Crippen molar-refractivity contribution in [2.75, 3.05) is 19.6 Å². The van der Waals surface area contributed by atoms with Gasteiger partial charge in [0.1, 0.15) is 5.69 Å². The highest BCUT2D eigenvalue weighted by atomic mass is 16.2. The van der Waals surface area contributed by atoms with Gasteiger partial charge >= 0.3 is 0 Å². The molecule has 1 saturated heterocycles. The van der Waals surface area contributed by atoms with Gasteiger partial charge in [0.15, 0.2) is 0 Å². The lowest BCUT2D eigenvalue weighted by Crippen LogP contribution is -2.52.